The first kappa shape index (κ1) is 12.3. The van der Waals surface area contributed by atoms with Crippen molar-refractivity contribution in [2.75, 3.05) is 0 Å². The van der Waals surface area contributed by atoms with Gasteiger partial charge in [0.2, 0.25) is 6.04 Å². The third kappa shape index (κ3) is 3.40. The predicted octanol–water partition coefficient (Wildman–Crippen LogP) is 2.38. The molecule has 0 aliphatic rings. The van der Waals surface area contributed by atoms with Crippen molar-refractivity contribution in [1.82, 2.24) is 0 Å². The molecule has 0 amide bonds. The Morgan fingerprint density at radius 1 is 1.24 bits per heavy atom. The van der Waals surface area contributed by atoms with E-state index in [1.165, 1.54) is 0 Å². The molecule has 17 heavy (non-hydrogen) atoms. The fourth-order valence-electron chi connectivity index (χ4n) is 1.03. The lowest BCUT2D eigenvalue weighted by Crippen LogP contribution is -1.93. The molecule has 0 radical (unpaired) electrons. The van der Waals surface area contributed by atoms with Gasteiger partial charge in [0, 0.05) is 0 Å². The molecule has 1 N–H and O–H groups in total. The molecule has 0 heterocycles. The number of benzene rings is 1. The summed E-state index contributed by atoms with van der Waals surface area (Å²) < 4.78 is 0. The number of nitrogens with zero attached hydrogens (tertiary/aromatic N) is 5. The van der Waals surface area contributed by atoms with Crippen LogP contribution in [0.5, 0.6) is 0 Å². The summed E-state index contributed by atoms with van der Waals surface area (Å²) in [5.74, 6) is 0. The summed E-state index contributed by atoms with van der Waals surface area (Å²) in [6.45, 7) is 1.66. The van der Waals surface area contributed by atoms with Gasteiger partial charge in [0.05, 0.1) is 11.4 Å². The van der Waals surface area contributed by atoms with Crippen LogP contribution in [0.15, 0.2) is 39.6 Å². The number of nitriles is 2. The lowest BCUT2D eigenvalue weighted by Gasteiger charge is -1.98. The Kier molecular flexibility index (Phi) is 4.34. The van der Waals surface area contributed by atoms with Crippen LogP contribution in [0, 0.1) is 22.7 Å². The highest BCUT2D eigenvalue weighted by Crippen LogP contribution is 2.14. The molecule has 1 aromatic carbocycles. The molecule has 0 aromatic heterocycles. The third-order valence-corrected chi connectivity index (χ3v) is 1.97. The summed E-state index contributed by atoms with van der Waals surface area (Å²) in [5, 5.41) is 35.9. The van der Waals surface area contributed by atoms with Gasteiger partial charge in [0.1, 0.15) is 12.1 Å². The molecule has 6 heteroatoms. The van der Waals surface area contributed by atoms with E-state index in [9.17, 15) is 0 Å². The van der Waals surface area contributed by atoms with Crippen molar-refractivity contribution in [2.45, 2.75) is 13.0 Å². The molecule has 84 valence electrons. The maximum Gasteiger partial charge on any atom is 0.242 e. The van der Waals surface area contributed by atoms with Gasteiger partial charge in [-0.3, -0.25) is 0 Å². The molecule has 0 fully saturated rings. The van der Waals surface area contributed by atoms with Crippen molar-refractivity contribution in [3.05, 3.63) is 29.8 Å². The van der Waals surface area contributed by atoms with E-state index in [0.717, 1.165) is 5.56 Å². The Bertz CT molecular complexity index is 504. The van der Waals surface area contributed by atoms with Crippen LogP contribution in [0.1, 0.15) is 12.5 Å². The van der Waals surface area contributed by atoms with E-state index in [4.69, 9.17) is 15.7 Å². The van der Waals surface area contributed by atoms with Gasteiger partial charge in [-0.2, -0.15) is 20.8 Å². The van der Waals surface area contributed by atoms with Gasteiger partial charge < -0.3 is 5.21 Å². The van der Waals surface area contributed by atoms with Crippen LogP contribution in [0.4, 0.5) is 5.69 Å². The van der Waals surface area contributed by atoms with Crippen LogP contribution in [-0.2, 0) is 0 Å². The molecule has 0 atom stereocenters. The average molecular weight is 227 g/mol. The lowest BCUT2D eigenvalue weighted by molar-refractivity contribution is 0.319. The highest BCUT2D eigenvalue weighted by molar-refractivity contribution is 5.98. The fourth-order valence-corrected chi connectivity index (χ4v) is 1.03. The molecule has 0 saturated carbocycles. The zero-order valence-electron chi connectivity index (χ0n) is 9.07. The van der Waals surface area contributed by atoms with Gasteiger partial charge in [0.15, 0.2) is 0 Å². The van der Waals surface area contributed by atoms with E-state index in [-0.39, 0.29) is 0 Å². The average Bonchev–Trinajstić information content (AvgIpc) is 2.39. The third-order valence-electron chi connectivity index (χ3n) is 1.97. The number of rotatable bonds is 3. The zero-order chi connectivity index (χ0) is 12.7. The number of hydrogen-bond donors (Lipinski definition) is 1. The van der Waals surface area contributed by atoms with Crippen molar-refractivity contribution in [3.63, 3.8) is 0 Å². The number of azo groups is 1. The van der Waals surface area contributed by atoms with Crippen molar-refractivity contribution >= 4 is 11.4 Å². The SMILES string of the molecule is C/C(=N\O)c1ccc(N=NC(C#N)C#N)cc1. The maximum atomic E-state index is 8.57. The van der Waals surface area contributed by atoms with Crippen molar-refractivity contribution in [2.24, 2.45) is 15.4 Å². The Labute approximate surface area is 98.1 Å². The molecule has 0 saturated heterocycles. The van der Waals surface area contributed by atoms with Crippen molar-refractivity contribution in [3.8, 4) is 12.1 Å². The first-order valence-corrected chi connectivity index (χ1v) is 4.70. The summed E-state index contributed by atoms with van der Waals surface area (Å²) in [7, 11) is 0. The van der Waals surface area contributed by atoms with Crippen molar-refractivity contribution < 1.29 is 5.21 Å². The highest BCUT2D eigenvalue weighted by atomic mass is 16.4. The summed E-state index contributed by atoms with van der Waals surface area (Å²) in [6.07, 6.45) is 0. The Hall–Kier alpha value is -2.73. The van der Waals surface area contributed by atoms with Gasteiger partial charge in [0.25, 0.3) is 0 Å². The second-order valence-electron chi connectivity index (χ2n) is 3.11. The van der Waals surface area contributed by atoms with Crippen LogP contribution in [-0.4, -0.2) is 17.0 Å². The van der Waals surface area contributed by atoms with E-state index >= 15 is 0 Å². The number of oxime groups is 1. The summed E-state index contributed by atoms with van der Waals surface area (Å²) >= 11 is 0. The first-order valence-electron chi connectivity index (χ1n) is 4.70. The molecule has 0 unspecified atom stereocenters. The maximum absolute atomic E-state index is 8.57. The van der Waals surface area contributed by atoms with Crippen LogP contribution >= 0.6 is 0 Å². The summed E-state index contributed by atoms with van der Waals surface area (Å²) in [4.78, 5) is 0. The van der Waals surface area contributed by atoms with Crippen LogP contribution in [0.3, 0.4) is 0 Å². The molecule has 0 aliphatic carbocycles. The topological polar surface area (TPSA) is 105 Å². The number of hydrogen-bond acceptors (Lipinski definition) is 6. The molecular formula is C11H9N5O. The van der Waals surface area contributed by atoms with Gasteiger partial charge in [-0.1, -0.05) is 17.3 Å². The van der Waals surface area contributed by atoms with E-state index in [1.54, 1.807) is 43.3 Å². The van der Waals surface area contributed by atoms with E-state index in [2.05, 4.69) is 15.4 Å². The minimum Gasteiger partial charge on any atom is -0.411 e. The van der Waals surface area contributed by atoms with Gasteiger partial charge >= 0.3 is 0 Å². The van der Waals surface area contributed by atoms with Crippen LogP contribution in [0.25, 0.3) is 0 Å². The Balaban J connectivity index is 2.84. The predicted molar refractivity (Wildman–Crippen MR) is 60.0 cm³/mol. The zero-order valence-corrected chi connectivity index (χ0v) is 9.07. The molecular weight excluding hydrogens is 218 g/mol. The minimum absolute atomic E-state index is 0.486. The standard InChI is InChI=1S/C11H9N5O/c1-8(16-17)9-2-4-10(5-3-9)14-15-11(6-12)7-13/h2-5,11,17H,1H3/b15-14?,16-8+. The second-order valence-corrected chi connectivity index (χ2v) is 3.11. The molecule has 0 spiro atoms. The van der Waals surface area contributed by atoms with Gasteiger partial charge in [-0.25, -0.2) is 0 Å². The van der Waals surface area contributed by atoms with Crippen LogP contribution in [0.2, 0.25) is 0 Å². The quantitative estimate of drug-likeness (QED) is 0.371. The van der Waals surface area contributed by atoms with E-state index in [1.807, 2.05) is 0 Å². The smallest absolute Gasteiger partial charge is 0.242 e. The van der Waals surface area contributed by atoms with Crippen LogP contribution < -0.4 is 0 Å². The second kappa shape index (κ2) is 5.99. The summed E-state index contributed by atoms with van der Waals surface area (Å²) in [6, 6.07) is 9.00. The molecule has 6 nitrogen and oxygen atoms in total. The normalized spacial score (nSPS) is 11.4. The highest BCUT2D eigenvalue weighted by Gasteiger charge is 2.01. The van der Waals surface area contributed by atoms with E-state index in [0.29, 0.717) is 11.4 Å². The molecule has 1 rings (SSSR count). The monoisotopic (exact) mass is 227 g/mol. The van der Waals surface area contributed by atoms with Crippen molar-refractivity contribution in [1.29, 1.82) is 10.5 Å². The van der Waals surface area contributed by atoms with Gasteiger partial charge in [-0.15, -0.1) is 0 Å². The van der Waals surface area contributed by atoms with Gasteiger partial charge in [-0.05, 0) is 24.6 Å². The largest absolute Gasteiger partial charge is 0.411 e. The Morgan fingerprint density at radius 2 is 1.82 bits per heavy atom. The molecule has 0 bridgehead atoms. The van der Waals surface area contributed by atoms with E-state index < -0.39 is 6.04 Å². The Morgan fingerprint density at radius 3 is 2.29 bits per heavy atom. The fraction of sp³-hybridized carbons (Fsp3) is 0.182. The minimum atomic E-state index is -1.09. The molecule has 0 aliphatic heterocycles. The summed E-state index contributed by atoms with van der Waals surface area (Å²) in [5.41, 5.74) is 1.76. The lowest BCUT2D eigenvalue weighted by atomic mass is 10.1. The molecule has 1 aromatic rings. The first-order chi connectivity index (χ1) is 8.21.